The van der Waals surface area contributed by atoms with Crippen LogP contribution < -0.4 is 5.56 Å². The number of aromatic hydroxyl groups is 1. The first-order chi connectivity index (χ1) is 15.1. The Labute approximate surface area is 177 Å². The van der Waals surface area contributed by atoms with Gasteiger partial charge in [0, 0.05) is 29.4 Å². The summed E-state index contributed by atoms with van der Waals surface area (Å²) in [5.41, 5.74) is 1.47. The van der Waals surface area contributed by atoms with Gasteiger partial charge in [-0.15, -0.1) is 0 Å². The van der Waals surface area contributed by atoms with Crippen molar-refractivity contribution >= 4 is 28.6 Å². The summed E-state index contributed by atoms with van der Waals surface area (Å²) in [5.74, 6) is -0.695. The number of nitrogens with zero attached hydrogens (tertiary/aromatic N) is 3. The lowest BCUT2D eigenvalue weighted by Gasteiger charge is -2.14. The van der Waals surface area contributed by atoms with Crippen molar-refractivity contribution in [3.05, 3.63) is 94.5 Å². The van der Waals surface area contributed by atoms with Gasteiger partial charge in [-0.05, 0) is 49.4 Å². The molecule has 2 heterocycles. The molecule has 2 aromatic carbocycles. The first-order valence-electron chi connectivity index (χ1n) is 9.68. The highest BCUT2D eigenvalue weighted by Gasteiger charge is 2.17. The molecule has 0 aliphatic rings. The van der Waals surface area contributed by atoms with E-state index in [1.165, 1.54) is 10.8 Å². The molecule has 4 rings (SSSR count). The molecule has 0 aliphatic carbocycles. The Kier molecular flexibility index (Phi) is 5.57. The van der Waals surface area contributed by atoms with Gasteiger partial charge in [-0.1, -0.05) is 18.2 Å². The topological polar surface area (TPSA) is 93.8 Å². The minimum atomic E-state index is -0.450. The monoisotopic (exact) mass is 413 g/mol. The second-order valence-corrected chi connectivity index (χ2v) is 6.65. The van der Waals surface area contributed by atoms with Crippen LogP contribution in [0.15, 0.2) is 82.8 Å². The summed E-state index contributed by atoms with van der Waals surface area (Å²) in [6.45, 7) is 2.00. The van der Waals surface area contributed by atoms with Crippen LogP contribution in [0.2, 0.25) is 0 Å². The van der Waals surface area contributed by atoms with Crippen molar-refractivity contribution in [1.29, 1.82) is 0 Å². The van der Waals surface area contributed by atoms with Gasteiger partial charge in [0.1, 0.15) is 0 Å². The van der Waals surface area contributed by atoms with E-state index in [9.17, 15) is 14.7 Å². The first kappa shape index (κ1) is 20.0. The number of carbonyl (C=O) groups is 1. The van der Waals surface area contributed by atoms with Gasteiger partial charge in [-0.3, -0.25) is 14.8 Å². The fourth-order valence-electron chi connectivity index (χ4n) is 3.26. The molecule has 0 amide bonds. The Hall–Kier alpha value is -4.26. The van der Waals surface area contributed by atoms with Crippen molar-refractivity contribution in [3.63, 3.8) is 0 Å². The van der Waals surface area contributed by atoms with Gasteiger partial charge in [0.05, 0.1) is 29.1 Å². The SMILES string of the molecule is CCOC(=O)c1ccc(-n2c(O)c(C=Nc3ccncc3)c3ccccc3c2=O)cc1. The Balaban J connectivity index is 1.87. The Bertz CT molecular complexity index is 1330. The summed E-state index contributed by atoms with van der Waals surface area (Å²) in [6, 6.07) is 16.8. The summed E-state index contributed by atoms with van der Waals surface area (Å²) in [4.78, 5) is 33.4. The second-order valence-electron chi connectivity index (χ2n) is 6.65. The number of hydrogen-bond donors (Lipinski definition) is 1. The highest BCUT2D eigenvalue weighted by atomic mass is 16.5. The Morgan fingerprint density at radius 1 is 1.06 bits per heavy atom. The molecule has 4 aromatic rings. The second kappa shape index (κ2) is 8.62. The molecule has 0 bridgehead atoms. The van der Waals surface area contributed by atoms with Crippen LogP contribution in [0, 0.1) is 0 Å². The van der Waals surface area contributed by atoms with Crippen LogP contribution in [-0.2, 0) is 4.74 Å². The zero-order valence-corrected chi connectivity index (χ0v) is 16.7. The number of fused-ring (bicyclic) bond motifs is 1. The number of pyridine rings is 2. The molecule has 0 fully saturated rings. The van der Waals surface area contributed by atoms with Crippen LogP contribution in [0.4, 0.5) is 5.69 Å². The van der Waals surface area contributed by atoms with E-state index in [2.05, 4.69) is 9.98 Å². The Morgan fingerprint density at radius 2 is 1.74 bits per heavy atom. The third-order valence-corrected chi connectivity index (χ3v) is 4.75. The van der Waals surface area contributed by atoms with Crippen LogP contribution in [0.1, 0.15) is 22.8 Å². The molecule has 154 valence electrons. The molecule has 0 saturated heterocycles. The summed E-state index contributed by atoms with van der Waals surface area (Å²) in [5, 5.41) is 12.1. The predicted molar refractivity (Wildman–Crippen MR) is 119 cm³/mol. The van der Waals surface area contributed by atoms with Crippen molar-refractivity contribution in [1.82, 2.24) is 9.55 Å². The number of rotatable bonds is 5. The van der Waals surface area contributed by atoms with Crippen LogP contribution >= 0.6 is 0 Å². The highest BCUT2D eigenvalue weighted by Crippen LogP contribution is 2.26. The van der Waals surface area contributed by atoms with E-state index in [0.717, 1.165) is 0 Å². The van der Waals surface area contributed by atoms with Crippen molar-refractivity contribution < 1.29 is 14.6 Å². The maximum absolute atomic E-state index is 13.2. The number of benzene rings is 2. The molecule has 0 radical (unpaired) electrons. The standard InChI is InChI=1S/C24H19N3O4/c1-2-31-24(30)16-7-9-18(10-8-16)27-22(28)20-6-4-3-5-19(20)21(23(27)29)15-26-17-11-13-25-14-12-17/h3-15,29H,2H2,1H3. The number of carbonyl (C=O) groups excluding carboxylic acids is 1. The maximum Gasteiger partial charge on any atom is 0.338 e. The molecular weight excluding hydrogens is 394 g/mol. The molecule has 0 saturated carbocycles. The average molecular weight is 413 g/mol. The number of aromatic nitrogens is 2. The van der Waals surface area contributed by atoms with E-state index in [4.69, 9.17) is 4.74 Å². The molecule has 2 aromatic heterocycles. The smallest absolute Gasteiger partial charge is 0.338 e. The molecule has 7 nitrogen and oxygen atoms in total. The van der Waals surface area contributed by atoms with Crippen LogP contribution in [0.3, 0.4) is 0 Å². The number of hydrogen-bond acceptors (Lipinski definition) is 6. The number of aliphatic imine (C=N–C) groups is 1. The minimum Gasteiger partial charge on any atom is -0.494 e. The number of esters is 1. The van der Waals surface area contributed by atoms with E-state index >= 15 is 0 Å². The van der Waals surface area contributed by atoms with Crippen molar-refractivity contribution in [2.75, 3.05) is 6.61 Å². The third-order valence-electron chi connectivity index (χ3n) is 4.75. The largest absolute Gasteiger partial charge is 0.494 e. The zero-order valence-electron chi connectivity index (χ0n) is 16.7. The fourth-order valence-corrected chi connectivity index (χ4v) is 3.26. The van der Waals surface area contributed by atoms with Gasteiger partial charge < -0.3 is 9.84 Å². The van der Waals surface area contributed by atoms with Gasteiger partial charge in [-0.25, -0.2) is 9.36 Å². The Morgan fingerprint density at radius 3 is 2.42 bits per heavy atom. The lowest BCUT2D eigenvalue weighted by Crippen LogP contribution is -2.20. The minimum absolute atomic E-state index is 0.245. The molecule has 0 spiro atoms. The lowest BCUT2D eigenvalue weighted by molar-refractivity contribution is 0.0526. The zero-order chi connectivity index (χ0) is 21.8. The van der Waals surface area contributed by atoms with Gasteiger partial charge in [-0.2, -0.15) is 0 Å². The van der Waals surface area contributed by atoms with Gasteiger partial charge in [0.25, 0.3) is 5.56 Å². The predicted octanol–water partition coefficient (Wildman–Crippen LogP) is 4.02. The molecule has 1 N–H and O–H groups in total. The van der Waals surface area contributed by atoms with Crippen molar-refractivity contribution in [3.8, 4) is 11.6 Å². The quantitative estimate of drug-likeness (QED) is 0.394. The molecule has 0 unspecified atom stereocenters. The summed E-state index contributed by atoms with van der Waals surface area (Å²) in [7, 11) is 0. The van der Waals surface area contributed by atoms with E-state index < -0.39 is 5.97 Å². The normalized spacial score (nSPS) is 11.1. The molecule has 0 atom stereocenters. The highest BCUT2D eigenvalue weighted by molar-refractivity contribution is 6.02. The van der Waals surface area contributed by atoms with E-state index in [-0.39, 0.29) is 18.0 Å². The van der Waals surface area contributed by atoms with Gasteiger partial charge >= 0.3 is 5.97 Å². The van der Waals surface area contributed by atoms with E-state index in [0.29, 0.717) is 33.3 Å². The molecule has 7 heteroatoms. The van der Waals surface area contributed by atoms with E-state index in [1.54, 1.807) is 80.0 Å². The lowest BCUT2D eigenvalue weighted by atomic mass is 10.1. The van der Waals surface area contributed by atoms with Crippen molar-refractivity contribution in [2.24, 2.45) is 4.99 Å². The van der Waals surface area contributed by atoms with Crippen LogP contribution in [0.25, 0.3) is 16.5 Å². The average Bonchev–Trinajstić information content (AvgIpc) is 2.80. The molecule has 0 aliphatic heterocycles. The first-order valence-corrected chi connectivity index (χ1v) is 9.68. The fraction of sp³-hybridized carbons (Fsp3) is 0.0833. The summed E-state index contributed by atoms with van der Waals surface area (Å²) >= 11 is 0. The number of ether oxygens (including phenoxy) is 1. The van der Waals surface area contributed by atoms with E-state index in [1.807, 2.05) is 0 Å². The summed E-state index contributed by atoms with van der Waals surface area (Å²) in [6.07, 6.45) is 4.77. The van der Waals surface area contributed by atoms with Gasteiger partial charge in [0.2, 0.25) is 5.88 Å². The van der Waals surface area contributed by atoms with Crippen molar-refractivity contribution in [2.45, 2.75) is 6.92 Å². The molecule has 31 heavy (non-hydrogen) atoms. The van der Waals surface area contributed by atoms with Crippen LogP contribution in [-0.4, -0.2) is 33.4 Å². The third kappa shape index (κ3) is 3.93. The molecular formula is C24H19N3O4. The van der Waals surface area contributed by atoms with Crippen LogP contribution in [0.5, 0.6) is 5.88 Å². The maximum atomic E-state index is 13.2. The summed E-state index contributed by atoms with van der Waals surface area (Å²) < 4.78 is 6.19. The van der Waals surface area contributed by atoms with Gasteiger partial charge in [0.15, 0.2) is 0 Å².